The Morgan fingerprint density at radius 1 is 1.44 bits per heavy atom. The minimum Gasteiger partial charge on any atom is -0.316 e. The quantitative estimate of drug-likeness (QED) is 0.886. The molecule has 6 heteroatoms. The van der Waals surface area contributed by atoms with Crippen LogP contribution in [0.4, 0.5) is 0 Å². The van der Waals surface area contributed by atoms with Crippen molar-refractivity contribution >= 4 is 21.4 Å². The molecular formula is C10H16N2O2S2. The van der Waals surface area contributed by atoms with Crippen molar-refractivity contribution in [2.75, 3.05) is 20.1 Å². The third-order valence-corrected chi connectivity index (χ3v) is 6.03. The fraction of sp³-hybridized carbons (Fsp3) is 0.600. The van der Waals surface area contributed by atoms with Crippen molar-refractivity contribution in [3.63, 3.8) is 0 Å². The van der Waals surface area contributed by atoms with E-state index in [1.54, 1.807) is 10.4 Å². The summed E-state index contributed by atoms with van der Waals surface area (Å²) in [6, 6.07) is 1.77. The summed E-state index contributed by atoms with van der Waals surface area (Å²) in [5.41, 5.74) is 1.03. The van der Waals surface area contributed by atoms with Crippen LogP contribution in [0.25, 0.3) is 0 Å². The van der Waals surface area contributed by atoms with Crippen LogP contribution >= 0.6 is 11.3 Å². The minimum absolute atomic E-state index is 0.472. The molecule has 0 aromatic carbocycles. The number of hydrogen-bond acceptors (Lipinski definition) is 4. The number of nitrogens with one attached hydrogen (secondary N) is 1. The van der Waals surface area contributed by atoms with Crippen molar-refractivity contribution in [2.45, 2.75) is 23.6 Å². The van der Waals surface area contributed by atoms with Gasteiger partial charge in [-0.05, 0) is 36.9 Å². The lowest BCUT2D eigenvalue weighted by molar-refractivity contribution is 0.479. The molecule has 2 heterocycles. The van der Waals surface area contributed by atoms with Gasteiger partial charge >= 0.3 is 0 Å². The Labute approximate surface area is 100 Å². The number of hydrogen-bond donors (Lipinski definition) is 1. The monoisotopic (exact) mass is 260 g/mol. The third kappa shape index (κ3) is 2.29. The molecule has 0 bridgehead atoms. The summed E-state index contributed by atoms with van der Waals surface area (Å²) < 4.78 is 26.4. The normalized spacial score (nSPS) is 18.1. The maximum Gasteiger partial charge on any atom is 0.252 e. The maximum absolute atomic E-state index is 12.2. The highest BCUT2D eigenvalue weighted by molar-refractivity contribution is 7.91. The van der Waals surface area contributed by atoms with Crippen LogP contribution in [0.3, 0.4) is 0 Å². The van der Waals surface area contributed by atoms with Gasteiger partial charge < -0.3 is 5.32 Å². The molecule has 2 rings (SSSR count). The molecule has 0 amide bonds. The molecule has 16 heavy (non-hydrogen) atoms. The van der Waals surface area contributed by atoms with Crippen molar-refractivity contribution < 1.29 is 8.42 Å². The summed E-state index contributed by atoms with van der Waals surface area (Å²) in [6.45, 7) is 2.05. The number of nitrogens with zero attached hydrogens (tertiary/aromatic N) is 1. The summed E-state index contributed by atoms with van der Waals surface area (Å²) in [7, 11) is -1.36. The van der Waals surface area contributed by atoms with Gasteiger partial charge in [0.25, 0.3) is 10.0 Å². The van der Waals surface area contributed by atoms with E-state index < -0.39 is 10.0 Å². The van der Waals surface area contributed by atoms with Crippen molar-refractivity contribution in [3.05, 3.63) is 17.0 Å². The smallest absolute Gasteiger partial charge is 0.252 e. The van der Waals surface area contributed by atoms with Crippen LogP contribution in [0.2, 0.25) is 0 Å². The van der Waals surface area contributed by atoms with Crippen LogP contribution in [0.1, 0.15) is 18.4 Å². The first-order valence-corrected chi connectivity index (χ1v) is 7.69. The second-order valence-electron chi connectivity index (χ2n) is 3.92. The maximum atomic E-state index is 12.2. The van der Waals surface area contributed by atoms with E-state index in [4.69, 9.17) is 0 Å². The Morgan fingerprint density at radius 2 is 2.12 bits per heavy atom. The zero-order valence-corrected chi connectivity index (χ0v) is 10.9. The van der Waals surface area contributed by atoms with Crippen molar-refractivity contribution in [1.29, 1.82) is 0 Å². The van der Waals surface area contributed by atoms with Gasteiger partial charge in [0.2, 0.25) is 0 Å². The Hall–Kier alpha value is -0.430. The molecule has 4 nitrogen and oxygen atoms in total. The third-order valence-electron chi connectivity index (χ3n) is 2.67. The molecule has 1 fully saturated rings. The largest absolute Gasteiger partial charge is 0.316 e. The zero-order valence-electron chi connectivity index (χ0n) is 9.27. The molecular weight excluding hydrogens is 244 g/mol. The Kier molecular flexibility index (Phi) is 3.63. The van der Waals surface area contributed by atoms with Gasteiger partial charge in [-0.15, -0.1) is 11.3 Å². The molecule has 0 aliphatic carbocycles. The van der Waals surface area contributed by atoms with Gasteiger partial charge in [0, 0.05) is 19.6 Å². The van der Waals surface area contributed by atoms with Crippen molar-refractivity contribution in [2.24, 2.45) is 0 Å². The van der Waals surface area contributed by atoms with E-state index in [-0.39, 0.29) is 0 Å². The lowest BCUT2D eigenvalue weighted by Gasteiger charge is -2.13. The van der Waals surface area contributed by atoms with Gasteiger partial charge in [-0.3, -0.25) is 0 Å². The molecule has 1 aromatic rings. The predicted molar refractivity (Wildman–Crippen MR) is 65.1 cm³/mol. The molecule has 1 aliphatic heterocycles. The predicted octanol–water partition coefficient (Wildman–Crippen LogP) is 1.25. The average Bonchev–Trinajstić information content (AvgIpc) is 2.88. The molecule has 0 unspecified atom stereocenters. The summed E-state index contributed by atoms with van der Waals surface area (Å²) in [5.74, 6) is 0. The first-order valence-electron chi connectivity index (χ1n) is 5.37. The molecule has 0 atom stereocenters. The van der Waals surface area contributed by atoms with E-state index in [0.29, 0.717) is 23.8 Å². The van der Waals surface area contributed by atoms with E-state index in [9.17, 15) is 8.42 Å². The lowest BCUT2D eigenvalue weighted by atomic mass is 10.3. The van der Waals surface area contributed by atoms with Crippen LogP contribution in [-0.2, 0) is 16.6 Å². The molecule has 90 valence electrons. The van der Waals surface area contributed by atoms with Gasteiger partial charge in [0.1, 0.15) is 4.21 Å². The minimum atomic E-state index is -3.21. The first kappa shape index (κ1) is 12.0. The lowest BCUT2D eigenvalue weighted by Crippen LogP contribution is -2.27. The highest BCUT2D eigenvalue weighted by Crippen LogP contribution is 2.26. The van der Waals surface area contributed by atoms with Crippen LogP contribution < -0.4 is 5.32 Å². The molecule has 0 spiro atoms. The summed E-state index contributed by atoms with van der Waals surface area (Å²) >= 11 is 1.31. The Morgan fingerprint density at radius 3 is 2.75 bits per heavy atom. The highest BCUT2D eigenvalue weighted by atomic mass is 32.2. The Bertz CT molecular complexity index is 447. The number of sulfonamides is 1. The summed E-state index contributed by atoms with van der Waals surface area (Å²) in [6.07, 6.45) is 1.96. The topological polar surface area (TPSA) is 49.4 Å². The van der Waals surface area contributed by atoms with E-state index in [2.05, 4.69) is 5.32 Å². The molecule has 1 N–H and O–H groups in total. The zero-order chi connectivity index (χ0) is 11.6. The van der Waals surface area contributed by atoms with Crippen LogP contribution in [0.5, 0.6) is 0 Å². The van der Waals surface area contributed by atoms with Gasteiger partial charge in [0.15, 0.2) is 0 Å². The summed E-state index contributed by atoms with van der Waals surface area (Å²) in [4.78, 5) is 0. The first-order chi connectivity index (χ1) is 7.64. The van der Waals surface area contributed by atoms with Crippen LogP contribution in [-0.4, -0.2) is 32.9 Å². The van der Waals surface area contributed by atoms with E-state index >= 15 is 0 Å². The van der Waals surface area contributed by atoms with Gasteiger partial charge in [-0.2, -0.15) is 4.31 Å². The molecule has 1 aromatic heterocycles. The van der Waals surface area contributed by atoms with Crippen LogP contribution in [0, 0.1) is 0 Å². The van der Waals surface area contributed by atoms with E-state index in [0.717, 1.165) is 18.4 Å². The molecule has 1 aliphatic rings. The van der Waals surface area contributed by atoms with Gasteiger partial charge in [-0.25, -0.2) is 8.42 Å². The standard InChI is InChI=1S/C10H16N2O2S2/c1-11-7-9-6-10(15-8-9)16(13,14)12-4-2-3-5-12/h6,8,11H,2-5,7H2,1H3. The highest BCUT2D eigenvalue weighted by Gasteiger charge is 2.28. The molecule has 1 saturated heterocycles. The SMILES string of the molecule is CNCc1csc(S(=O)(=O)N2CCCC2)c1. The average molecular weight is 260 g/mol. The second kappa shape index (κ2) is 4.83. The molecule has 0 saturated carbocycles. The van der Waals surface area contributed by atoms with E-state index in [1.165, 1.54) is 11.3 Å². The molecule has 0 radical (unpaired) electrons. The van der Waals surface area contributed by atoms with Crippen LogP contribution in [0.15, 0.2) is 15.7 Å². The second-order valence-corrected chi connectivity index (χ2v) is 6.99. The Balaban J connectivity index is 2.21. The number of rotatable bonds is 4. The van der Waals surface area contributed by atoms with E-state index in [1.807, 2.05) is 12.4 Å². The van der Waals surface area contributed by atoms with Gasteiger partial charge in [-0.1, -0.05) is 0 Å². The fourth-order valence-corrected chi connectivity index (χ4v) is 4.72. The van der Waals surface area contributed by atoms with Crippen molar-refractivity contribution in [3.8, 4) is 0 Å². The van der Waals surface area contributed by atoms with Crippen molar-refractivity contribution in [1.82, 2.24) is 9.62 Å². The van der Waals surface area contributed by atoms with Gasteiger partial charge in [0.05, 0.1) is 0 Å². The fourth-order valence-electron chi connectivity index (χ4n) is 1.84. The summed E-state index contributed by atoms with van der Waals surface area (Å²) in [5, 5.41) is 4.92. The number of thiophene rings is 1.